The van der Waals surface area contributed by atoms with Crippen molar-refractivity contribution in [2.24, 2.45) is 34.5 Å². The average Bonchev–Trinajstić information content (AvgIpc) is 3.26. The van der Waals surface area contributed by atoms with Crippen LogP contribution in [0.5, 0.6) is 0 Å². The molecule has 4 bridgehead atoms. The second-order valence-electron chi connectivity index (χ2n) is 13.6. The minimum absolute atomic E-state index is 0.0321. The Hall–Kier alpha value is -2.45. The maximum atomic E-state index is 14.4. The van der Waals surface area contributed by atoms with Gasteiger partial charge in [0.05, 0.1) is 6.10 Å². The molecule has 8 atom stereocenters. The highest BCUT2D eigenvalue weighted by molar-refractivity contribution is 5.91. The summed E-state index contributed by atoms with van der Waals surface area (Å²) in [5, 5.41) is 0. The van der Waals surface area contributed by atoms with Gasteiger partial charge >= 0.3 is 0 Å². The molecule has 2 saturated heterocycles. The third kappa shape index (κ3) is 3.32. The van der Waals surface area contributed by atoms with Crippen LogP contribution in [0, 0.1) is 34.5 Å². The van der Waals surface area contributed by atoms with E-state index in [1.807, 2.05) is 0 Å². The van der Waals surface area contributed by atoms with Crippen molar-refractivity contribution in [2.45, 2.75) is 83.8 Å². The summed E-state index contributed by atoms with van der Waals surface area (Å²) in [4.78, 5) is 14.4. The molecular formula is C36H42O2. The Morgan fingerprint density at radius 2 is 1.50 bits per heavy atom. The number of carbonyl (C=O) groups excluding carboxylic acids is 1. The third-order valence-electron chi connectivity index (χ3n) is 12.1. The van der Waals surface area contributed by atoms with Crippen LogP contribution in [0.15, 0.2) is 78.4 Å². The molecule has 0 unspecified atom stereocenters. The van der Waals surface area contributed by atoms with Crippen LogP contribution in [0.1, 0.15) is 83.3 Å². The van der Waals surface area contributed by atoms with E-state index >= 15 is 0 Å². The van der Waals surface area contributed by atoms with Crippen molar-refractivity contribution >= 4 is 11.4 Å². The van der Waals surface area contributed by atoms with Gasteiger partial charge in [-0.25, -0.2) is 0 Å². The van der Waals surface area contributed by atoms with Crippen molar-refractivity contribution in [3.8, 4) is 0 Å². The summed E-state index contributed by atoms with van der Waals surface area (Å²) in [6, 6.07) is 21.4. The first-order chi connectivity index (χ1) is 18.4. The predicted octanol–water partition coefficient (Wildman–Crippen LogP) is 8.42. The van der Waals surface area contributed by atoms with Crippen molar-refractivity contribution < 1.29 is 9.53 Å². The normalized spacial score (nSPS) is 41.4. The lowest BCUT2D eigenvalue weighted by atomic mass is 9.40. The maximum absolute atomic E-state index is 14.4. The highest BCUT2D eigenvalue weighted by Gasteiger charge is 2.74. The number of hydrogen-bond donors (Lipinski definition) is 0. The molecule has 0 radical (unpaired) electrons. The van der Waals surface area contributed by atoms with Crippen LogP contribution < -0.4 is 0 Å². The summed E-state index contributed by atoms with van der Waals surface area (Å²) in [5.41, 5.74) is 4.74. The van der Waals surface area contributed by atoms with Crippen LogP contribution in [0.4, 0.5) is 0 Å². The van der Waals surface area contributed by atoms with Crippen LogP contribution in [0.3, 0.4) is 0 Å². The van der Waals surface area contributed by atoms with Crippen molar-refractivity contribution in [2.75, 3.05) is 0 Å². The van der Waals surface area contributed by atoms with E-state index in [0.29, 0.717) is 42.0 Å². The molecule has 2 heteroatoms. The molecule has 6 aliphatic rings. The Morgan fingerprint density at radius 1 is 0.842 bits per heavy atom. The first-order valence-electron chi connectivity index (χ1n) is 15.1. The fourth-order valence-corrected chi connectivity index (χ4v) is 10.3. The minimum Gasteiger partial charge on any atom is -0.363 e. The van der Waals surface area contributed by atoms with Gasteiger partial charge < -0.3 is 4.74 Å². The number of rotatable bonds is 4. The number of fused-ring (bicyclic) bond motifs is 3. The van der Waals surface area contributed by atoms with Gasteiger partial charge in [-0.1, -0.05) is 92.2 Å². The zero-order valence-corrected chi connectivity index (χ0v) is 23.3. The Balaban J connectivity index is 1.23. The van der Waals surface area contributed by atoms with Gasteiger partial charge in [0.2, 0.25) is 0 Å². The van der Waals surface area contributed by atoms with E-state index in [1.54, 1.807) is 0 Å². The molecule has 38 heavy (non-hydrogen) atoms. The van der Waals surface area contributed by atoms with Gasteiger partial charge in [0.15, 0.2) is 5.78 Å². The van der Waals surface area contributed by atoms with E-state index in [4.69, 9.17) is 4.74 Å². The standard InChI is InChI=1S/C36H42O2/c1-24(14-16-29(25-10-6-4-7-11-25)26-12-8-5-9-13-26)30-18-19-31-32-17-15-27-22-28-20-21-35(27,3)36(32,38-28)33(37)23-34(30,31)2/h4-14,16,27-28,30-32H,15,17-23H2,1-3H3/b24-14+/t27-,28-,30+,31-,32-,34+,35-,36-/m0/s1. The molecule has 2 heterocycles. The number of allylic oxidation sites excluding steroid dienone is 3. The lowest BCUT2D eigenvalue weighted by molar-refractivity contribution is -0.307. The van der Waals surface area contributed by atoms with Gasteiger partial charge in [-0.05, 0) is 97.7 Å². The fourth-order valence-electron chi connectivity index (χ4n) is 10.3. The van der Waals surface area contributed by atoms with E-state index < -0.39 is 5.60 Å². The lowest BCUT2D eigenvalue weighted by Crippen LogP contribution is -2.75. The van der Waals surface area contributed by atoms with E-state index in [1.165, 1.54) is 60.8 Å². The second-order valence-corrected chi connectivity index (χ2v) is 13.6. The minimum atomic E-state index is -0.499. The lowest BCUT2D eigenvalue weighted by Gasteiger charge is -2.70. The summed E-state index contributed by atoms with van der Waals surface area (Å²) in [6.07, 6.45) is 14.1. The van der Waals surface area contributed by atoms with Gasteiger partial charge in [-0.3, -0.25) is 4.79 Å². The molecule has 0 N–H and O–H groups in total. The topological polar surface area (TPSA) is 26.3 Å². The highest BCUT2D eigenvalue weighted by Crippen LogP contribution is 2.72. The van der Waals surface area contributed by atoms with Gasteiger partial charge in [0.25, 0.3) is 0 Å². The van der Waals surface area contributed by atoms with Crippen LogP contribution in [-0.4, -0.2) is 17.5 Å². The molecule has 4 saturated carbocycles. The SMILES string of the molecule is C/C(=C\C=C(c1ccccc1)c1ccccc1)[C@H]1CC[C@H]2[C@@H]3CC[C@H]4C[C@@H]5CC[C@]4(C)[C@@]3(O5)C(=O)C[C@]12C. The smallest absolute Gasteiger partial charge is 0.166 e. The monoisotopic (exact) mass is 506 g/mol. The molecule has 0 amide bonds. The Kier molecular flexibility index (Phi) is 5.68. The van der Waals surface area contributed by atoms with Crippen LogP contribution in [0.25, 0.3) is 5.57 Å². The highest BCUT2D eigenvalue weighted by atomic mass is 16.5. The van der Waals surface area contributed by atoms with Crippen molar-refractivity contribution in [1.82, 2.24) is 0 Å². The molecule has 2 aromatic carbocycles. The van der Waals surface area contributed by atoms with Crippen molar-refractivity contribution in [1.29, 1.82) is 0 Å². The van der Waals surface area contributed by atoms with E-state index in [9.17, 15) is 4.79 Å². The summed E-state index contributed by atoms with van der Waals surface area (Å²) in [5.74, 6) is 2.55. The molecular weight excluding hydrogens is 464 g/mol. The van der Waals surface area contributed by atoms with E-state index in [2.05, 4.69) is 93.6 Å². The number of hydrogen-bond acceptors (Lipinski definition) is 2. The number of carbonyl (C=O) groups is 1. The molecule has 0 aromatic heterocycles. The molecule has 2 aromatic rings. The largest absolute Gasteiger partial charge is 0.363 e. The maximum Gasteiger partial charge on any atom is 0.166 e. The van der Waals surface area contributed by atoms with Crippen molar-refractivity contribution in [3.05, 3.63) is 89.5 Å². The van der Waals surface area contributed by atoms with Gasteiger partial charge in [0.1, 0.15) is 5.60 Å². The van der Waals surface area contributed by atoms with Crippen LogP contribution in [-0.2, 0) is 9.53 Å². The number of benzene rings is 2. The van der Waals surface area contributed by atoms with Crippen LogP contribution in [0.2, 0.25) is 0 Å². The fraction of sp³-hybridized carbons (Fsp3) is 0.528. The van der Waals surface area contributed by atoms with Crippen LogP contribution >= 0.6 is 0 Å². The molecule has 2 aliphatic heterocycles. The molecule has 198 valence electrons. The molecule has 2 nitrogen and oxygen atoms in total. The molecule has 6 fully saturated rings. The van der Waals surface area contributed by atoms with Gasteiger partial charge in [-0.15, -0.1) is 0 Å². The first-order valence-corrected chi connectivity index (χ1v) is 15.1. The summed E-state index contributed by atoms with van der Waals surface area (Å²) in [6.45, 7) is 7.19. The molecule has 4 aliphatic carbocycles. The molecule has 8 rings (SSSR count). The predicted molar refractivity (Wildman–Crippen MR) is 153 cm³/mol. The summed E-state index contributed by atoms with van der Waals surface area (Å²) in [7, 11) is 0. The summed E-state index contributed by atoms with van der Waals surface area (Å²) >= 11 is 0. The Morgan fingerprint density at radius 3 is 2.18 bits per heavy atom. The second kappa shape index (κ2) is 8.78. The van der Waals surface area contributed by atoms with Crippen molar-refractivity contribution in [3.63, 3.8) is 0 Å². The zero-order chi connectivity index (χ0) is 26.1. The average molecular weight is 507 g/mol. The number of ketones is 1. The number of ether oxygens (including phenoxy) is 1. The number of Topliss-reactive ketones (excluding diaryl/α,β-unsaturated/α-hetero) is 1. The quantitative estimate of drug-likeness (QED) is 0.389. The van der Waals surface area contributed by atoms with E-state index in [0.717, 1.165) is 6.42 Å². The third-order valence-corrected chi connectivity index (χ3v) is 12.1. The van der Waals surface area contributed by atoms with Gasteiger partial charge in [0, 0.05) is 11.8 Å². The molecule has 1 spiro atoms. The van der Waals surface area contributed by atoms with E-state index in [-0.39, 0.29) is 10.8 Å². The Bertz CT molecular complexity index is 1250. The Labute approximate surface area is 228 Å². The first kappa shape index (κ1) is 24.6. The van der Waals surface area contributed by atoms with Gasteiger partial charge in [-0.2, -0.15) is 0 Å². The summed E-state index contributed by atoms with van der Waals surface area (Å²) < 4.78 is 6.92. The zero-order valence-electron chi connectivity index (χ0n) is 23.3.